The van der Waals surface area contributed by atoms with E-state index in [2.05, 4.69) is 5.32 Å². The quantitative estimate of drug-likeness (QED) is 0.771. The molecule has 8 heteroatoms. The number of nitrogens with one attached hydrogen (secondary N) is 1. The minimum atomic E-state index is -0.220. The molecule has 3 rings (SSSR count). The highest BCUT2D eigenvalue weighted by molar-refractivity contribution is 6.35. The Kier molecular flexibility index (Phi) is 6.88. The standard InChI is InChI=1S/C21H25Cl2N3O3/c1-13-10-18(15(3)29-13)21(28)26-8-6-25(7-9-26)12-20(27)24-14(2)17-5-4-16(22)11-19(17)23/h4-5,10-11,14H,6-9,12H2,1-3H3,(H,24,27). The number of carbonyl (C=O) groups is 2. The summed E-state index contributed by atoms with van der Waals surface area (Å²) in [4.78, 5) is 29.0. The number of hydrogen-bond donors (Lipinski definition) is 1. The lowest BCUT2D eigenvalue weighted by atomic mass is 10.1. The lowest BCUT2D eigenvalue weighted by Crippen LogP contribution is -2.51. The average molecular weight is 438 g/mol. The zero-order chi connectivity index (χ0) is 21.1. The highest BCUT2D eigenvalue weighted by Crippen LogP contribution is 2.26. The molecule has 1 unspecified atom stereocenters. The molecule has 1 N–H and O–H groups in total. The second kappa shape index (κ2) is 9.20. The summed E-state index contributed by atoms with van der Waals surface area (Å²) in [6, 6.07) is 6.80. The second-order valence-corrected chi connectivity index (χ2v) is 8.19. The van der Waals surface area contributed by atoms with E-state index in [1.807, 2.05) is 29.7 Å². The fourth-order valence-electron chi connectivity index (χ4n) is 3.54. The molecule has 1 aromatic heterocycles. The van der Waals surface area contributed by atoms with Crippen molar-refractivity contribution in [2.75, 3.05) is 32.7 Å². The summed E-state index contributed by atoms with van der Waals surface area (Å²) in [5.41, 5.74) is 1.44. The summed E-state index contributed by atoms with van der Waals surface area (Å²) >= 11 is 12.1. The molecule has 2 heterocycles. The molecule has 2 aromatic rings. The van der Waals surface area contributed by atoms with Crippen LogP contribution in [0.25, 0.3) is 0 Å². The number of aryl methyl sites for hydroxylation is 2. The Labute approximate surface area is 180 Å². The number of piperazine rings is 1. The van der Waals surface area contributed by atoms with Crippen LogP contribution < -0.4 is 5.32 Å². The van der Waals surface area contributed by atoms with Gasteiger partial charge in [-0.15, -0.1) is 0 Å². The molecule has 1 fully saturated rings. The summed E-state index contributed by atoms with van der Waals surface area (Å²) in [6.45, 7) is 8.24. The first-order valence-electron chi connectivity index (χ1n) is 9.57. The molecule has 1 atom stereocenters. The van der Waals surface area contributed by atoms with Gasteiger partial charge in [0.25, 0.3) is 5.91 Å². The van der Waals surface area contributed by atoms with Crippen molar-refractivity contribution in [2.45, 2.75) is 26.8 Å². The van der Waals surface area contributed by atoms with E-state index < -0.39 is 0 Å². The van der Waals surface area contributed by atoms with Crippen molar-refractivity contribution in [3.05, 3.63) is 57.0 Å². The molecule has 1 aliphatic rings. The predicted molar refractivity (Wildman–Crippen MR) is 114 cm³/mol. The number of furan rings is 1. The van der Waals surface area contributed by atoms with E-state index in [0.717, 1.165) is 11.3 Å². The van der Waals surface area contributed by atoms with E-state index in [4.69, 9.17) is 27.6 Å². The maximum Gasteiger partial charge on any atom is 0.257 e. The minimum Gasteiger partial charge on any atom is -0.466 e. The third-order valence-corrected chi connectivity index (χ3v) is 5.67. The van der Waals surface area contributed by atoms with Crippen LogP contribution in [0.1, 0.15) is 40.4 Å². The van der Waals surface area contributed by atoms with E-state index in [1.165, 1.54) is 0 Å². The number of benzene rings is 1. The number of hydrogen-bond acceptors (Lipinski definition) is 4. The molecule has 0 bridgehead atoms. The second-order valence-electron chi connectivity index (χ2n) is 7.35. The Morgan fingerprint density at radius 3 is 2.41 bits per heavy atom. The van der Waals surface area contributed by atoms with Crippen molar-refractivity contribution in [1.29, 1.82) is 0 Å². The normalized spacial score (nSPS) is 16.0. The molecule has 1 saturated heterocycles. The third-order valence-electron chi connectivity index (χ3n) is 5.10. The zero-order valence-electron chi connectivity index (χ0n) is 16.8. The Hall–Kier alpha value is -2.02. The molecule has 6 nitrogen and oxygen atoms in total. The van der Waals surface area contributed by atoms with Gasteiger partial charge < -0.3 is 14.6 Å². The maximum atomic E-state index is 12.7. The van der Waals surface area contributed by atoms with E-state index in [0.29, 0.717) is 47.5 Å². The SMILES string of the molecule is Cc1cc(C(=O)N2CCN(CC(=O)NC(C)c3ccc(Cl)cc3Cl)CC2)c(C)o1. The Morgan fingerprint density at radius 1 is 1.14 bits per heavy atom. The van der Waals surface area contributed by atoms with Crippen molar-refractivity contribution in [3.63, 3.8) is 0 Å². The van der Waals surface area contributed by atoms with Crippen LogP contribution in [0.2, 0.25) is 10.0 Å². The van der Waals surface area contributed by atoms with Crippen LogP contribution in [0.3, 0.4) is 0 Å². The largest absolute Gasteiger partial charge is 0.466 e. The van der Waals surface area contributed by atoms with Crippen LogP contribution in [0, 0.1) is 13.8 Å². The number of halogens is 2. The molecule has 1 aliphatic heterocycles. The van der Waals surface area contributed by atoms with Gasteiger partial charge in [0.1, 0.15) is 11.5 Å². The fraction of sp³-hybridized carbons (Fsp3) is 0.429. The van der Waals surface area contributed by atoms with Gasteiger partial charge in [0.15, 0.2) is 0 Å². The van der Waals surface area contributed by atoms with Crippen molar-refractivity contribution >= 4 is 35.0 Å². The molecule has 0 radical (unpaired) electrons. The molecule has 29 heavy (non-hydrogen) atoms. The summed E-state index contributed by atoms with van der Waals surface area (Å²) in [5.74, 6) is 1.28. The number of nitrogens with zero attached hydrogens (tertiary/aromatic N) is 2. The van der Waals surface area contributed by atoms with Crippen LogP contribution in [0.4, 0.5) is 0 Å². The van der Waals surface area contributed by atoms with Gasteiger partial charge in [0, 0.05) is 36.2 Å². The molecule has 156 valence electrons. The zero-order valence-corrected chi connectivity index (χ0v) is 18.3. The number of carbonyl (C=O) groups excluding carboxylic acids is 2. The van der Waals surface area contributed by atoms with Gasteiger partial charge in [-0.1, -0.05) is 29.3 Å². The smallest absolute Gasteiger partial charge is 0.257 e. The van der Waals surface area contributed by atoms with Gasteiger partial charge in [-0.05, 0) is 44.5 Å². The van der Waals surface area contributed by atoms with Gasteiger partial charge in [0.05, 0.1) is 18.2 Å². The van der Waals surface area contributed by atoms with E-state index in [1.54, 1.807) is 25.1 Å². The monoisotopic (exact) mass is 437 g/mol. The summed E-state index contributed by atoms with van der Waals surface area (Å²) < 4.78 is 5.46. The Balaban J connectivity index is 1.49. The third kappa shape index (κ3) is 5.32. The first kappa shape index (κ1) is 21.7. The van der Waals surface area contributed by atoms with Crippen LogP contribution in [-0.2, 0) is 4.79 Å². The van der Waals surface area contributed by atoms with Gasteiger partial charge in [-0.3, -0.25) is 14.5 Å². The first-order chi connectivity index (χ1) is 13.7. The molecular formula is C21H25Cl2N3O3. The lowest BCUT2D eigenvalue weighted by Gasteiger charge is -2.34. The molecule has 0 spiro atoms. The summed E-state index contributed by atoms with van der Waals surface area (Å²) in [6.07, 6.45) is 0. The van der Waals surface area contributed by atoms with Crippen molar-refractivity contribution in [1.82, 2.24) is 15.1 Å². The van der Waals surface area contributed by atoms with Crippen LogP contribution in [0.15, 0.2) is 28.7 Å². The van der Waals surface area contributed by atoms with Gasteiger partial charge >= 0.3 is 0 Å². The fourth-order valence-corrected chi connectivity index (χ4v) is 4.12. The highest BCUT2D eigenvalue weighted by atomic mass is 35.5. The molecule has 0 aliphatic carbocycles. The van der Waals surface area contributed by atoms with Gasteiger partial charge in [0.2, 0.25) is 5.91 Å². The van der Waals surface area contributed by atoms with Crippen molar-refractivity contribution in [2.24, 2.45) is 0 Å². The van der Waals surface area contributed by atoms with Crippen molar-refractivity contribution in [3.8, 4) is 0 Å². The maximum absolute atomic E-state index is 12.7. The molecule has 1 aromatic carbocycles. The van der Waals surface area contributed by atoms with Crippen LogP contribution in [-0.4, -0.2) is 54.3 Å². The minimum absolute atomic E-state index is 0.0190. The van der Waals surface area contributed by atoms with Crippen molar-refractivity contribution < 1.29 is 14.0 Å². The molecule has 2 amide bonds. The Bertz CT molecular complexity index is 905. The molecule has 0 saturated carbocycles. The average Bonchev–Trinajstić information content (AvgIpc) is 2.99. The topological polar surface area (TPSA) is 65.8 Å². The highest BCUT2D eigenvalue weighted by Gasteiger charge is 2.26. The first-order valence-corrected chi connectivity index (χ1v) is 10.3. The predicted octanol–water partition coefficient (Wildman–Crippen LogP) is 3.84. The van der Waals surface area contributed by atoms with E-state index in [9.17, 15) is 9.59 Å². The number of amides is 2. The van der Waals surface area contributed by atoms with Gasteiger partial charge in [-0.2, -0.15) is 0 Å². The number of rotatable bonds is 5. The Morgan fingerprint density at radius 2 is 1.83 bits per heavy atom. The summed E-state index contributed by atoms with van der Waals surface area (Å²) in [5, 5.41) is 4.06. The lowest BCUT2D eigenvalue weighted by molar-refractivity contribution is -0.123. The molecular weight excluding hydrogens is 413 g/mol. The van der Waals surface area contributed by atoms with Crippen LogP contribution in [0.5, 0.6) is 0 Å². The van der Waals surface area contributed by atoms with Gasteiger partial charge in [-0.25, -0.2) is 0 Å². The van der Waals surface area contributed by atoms with E-state index in [-0.39, 0.29) is 24.4 Å². The summed E-state index contributed by atoms with van der Waals surface area (Å²) in [7, 11) is 0. The van der Waals surface area contributed by atoms with E-state index >= 15 is 0 Å². The van der Waals surface area contributed by atoms with Crippen LogP contribution >= 0.6 is 23.2 Å².